The Morgan fingerprint density at radius 2 is 1.91 bits per heavy atom. The van der Waals surface area contributed by atoms with Gasteiger partial charge in [0.25, 0.3) is 12.0 Å². The molecule has 2 aliphatic heterocycles. The van der Waals surface area contributed by atoms with Gasteiger partial charge in [-0.25, -0.2) is 0 Å². The number of amides is 1. The zero-order chi connectivity index (χ0) is 15.6. The molecule has 1 spiro atoms. The van der Waals surface area contributed by atoms with Crippen molar-refractivity contribution in [3.63, 3.8) is 0 Å². The molecule has 122 valence electrons. The lowest BCUT2D eigenvalue weighted by molar-refractivity contribution is -0.124. The summed E-state index contributed by atoms with van der Waals surface area (Å²) in [5.41, 5.74) is -0.544. The van der Waals surface area contributed by atoms with Crippen LogP contribution in [0.2, 0.25) is 0 Å². The van der Waals surface area contributed by atoms with Crippen LogP contribution in [0.25, 0.3) is 0 Å². The standard InChI is InChI=1S/C16H23F2N3O/c17-13(18)6-3-11-1-4-12(5-2-11)14-20-15(22)16(21-14)7-9-19-10-8-16/h6,11-12,19H,1-5,7-10H2,(H,20,21,22)/t11-,12-. The molecular formula is C16H23F2N3O. The minimum Gasteiger partial charge on any atom is -0.317 e. The van der Waals surface area contributed by atoms with E-state index in [1.54, 1.807) is 0 Å². The van der Waals surface area contributed by atoms with Crippen LogP contribution in [0.3, 0.4) is 0 Å². The summed E-state index contributed by atoms with van der Waals surface area (Å²) in [6.07, 6.45) is 5.15. The molecule has 1 saturated heterocycles. The van der Waals surface area contributed by atoms with Crippen molar-refractivity contribution >= 4 is 11.7 Å². The van der Waals surface area contributed by atoms with Gasteiger partial charge in [-0.05, 0) is 70.0 Å². The van der Waals surface area contributed by atoms with Crippen molar-refractivity contribution in [1.82, 2.24) is 10.6 Å². The topological polar surface area (TPSA) is 53.5 Å². The Labute approximate surface area is 129 Å². The first-order valence-corrected chi connectivity index (χ1v) is 8.22. The number of piperidine rings is 1. The zero-order valence-electron chi connectivity index (χ0n) is 12.7. The molecule has 1 aliphatic carbocycles. The van der Waals surface area contributed by atoms with Crippen molar-refractivity contribution in [2.24, 2.45) is 16.8 Å². The third kappa shape index (κ3) is 3.21. The van der Waals surface area contributed by atoms with E-state index in [1.165, 1.54) is 0 Å². The molecule has 0 radical (unpaired) electrons. The maximum atomic E-state index is 12.3. The second-order valence-corrected chi connectivity index (χ2v) is 6.68. The summed E-state index contributed by atoms with van der Waals surface area (Å²) in [5, 5.41) is 6.26. The third-order valence-corrected chi connectivity index (χ3v) is 5.27. The molecule has 1 saturated carbocycles. The molecule has 2 heterocycles. The lowest BCUT2D eigenvalue weighted by Crippen LogP contribution is -2.47. The number of halogens is 2. The van der Waals surface area contributed by atoms with Gasteiger partial charge in [-0.1, -0.05) is 0 Å². The first-order chi connectivity index (χ1) is 10.6. The fraction of sp³-hybridized carbons (Fsp3) is 0.750. The quantitative estimate of drug-likeness (QED) is 0.842. The van der Waals surface area contributed by atoms with Gasteiger partial charge in [0, 0.05) is 5.92 Å². The highest BCUT2D eigenvalue weighted by Gasteiger charge is 2.45. The SMILES string of the molecule is O=C1NC([C@H]2CC[C@H](CC=C(F)F)CC2)=NC12CCNCC2. The van der Waals surface area contributed by atoms with E-state index in [4.69, 9.17) is 4.99 Å². The normalized spacial score (nSPS) is 30.8. The van der Waals surface area contributed by atoms with Crippen LogP contribution in [0.4, 0.5) is 8.78 Å². The van der Waals surface area contributed by atoms with Gasteiger partial charge in [-0.15, -0.1) is 0 Å². The molecule has 22 heavy (non-hydrogen) atoms. The molecule has 3 rings (SSSR count). The summed E-state index contributed by atoms with van der Waals surface area (Å²) in [4.78, 5) is 17.1. The summed E-state index contributed by atoms with van der Waals surface area (Å²) in [5.74, 6) is 1.52. The Hall–Kier alpha value is -1.30. The minimum absolute atomic E-state index is 0.0496. The van der Waals surface area contributed by atoms with Crippen molar-refractivity contribution in [3.05, 3.63) is 12.2 Å². The van der Waals surface area contributed by atoms with E-state index in [2.05, 4.69) is 10.6 Å². The number of hydrogen-bond acceptors (Lipinski definition) is 3. The number of allylic oxidation sites excluding steroid dienone is 1. The predicted molar refractivity (Wildman–Crippen MR) is 80.8 cm³/mol. The first kappa shape index (κ1) is 15.6. The van der Waals surface area contributed by atoms with Crippen LogP contribution in [0.15, 0.2) is 17.1 Å². The molecule has 0 aromatic rings. The van der Waals surface area contributed by atoms with E-state index in [0.29, 0.717) is 12.3 Å². The van der Waals surface area contributed by atoms with Crippen molar-refractivity contribution in [2.45, 2.75) is 50.5 Å². The highest BCUT2D eigenvalue weighted by molar-refractivity contribution is 6.09. The van der Waals surface area contributed by atoms with Crippen LogP contribution in [0.1, 0.15) is 44.9 Å². The lowest BCUT2D eigenvalue weighted by atomic mass is 9.80. The van der Waals surface area contributed by atoms with Crippen LogP contribution < -0.4 is 10.6 Å². The monoisotopic (exact) mass is 311 g/mol. The highest BCUT2D eigenvalue weighted by atomic mass is 19.3. The molecule has 2 N–H and O–H groups in total. The van der Waals surface area contributed by atoms with E-state index < -0.39 is 11.6 Å². The fourth-order valence-electron chi connectivity index (χ4n) is 3.84. The molecule has 4 nitrogen and oxygen atoms in total. The molecule has 0 aromatic heterocycles. The third-order valence-electron chi connectivity index (χ3n) is 5.27. The summed E-state index contributed by atoms with van der Waals surface area (Å²) < 4.78 is 24.3. The summed E-state index contributed by atoms with van der Waals surface area (Å²) in [6.45, 7) is 1.66. The lowest BCUT2D eigenvalue weighted by Gasteiger charge is -2.28. The molecule has 3 aliphatic rings. The maximum absolute atomic E-state index is 12.3. The number of nitrogens with zero attached hydrogens (tertiary/aromatic N) is 1. The van der Waals surface area contributed by atoms with Crippen molar-refractivity contribution < 1.29 is 13.6 Å². The van der Waals surface area contributed by atoms with Gasteiger partial charge in [0.2, 0.25) is 0 Å². The second kappa shape index (κ2) is 6.44. The van der Waals surface area contributed by atoms with E-state index >= 15 is 0 Å². The number of amidine groups is 1. The van der Waals surface area contributed by atoms with E-state index in [1.807, 2.05) is 0 Å². The van der Waals surface area contributed by atoms with Gasteiger partial charge < -0.3 is 10.6 Å². The number of rotatable bonds is 3. The van der Waals surface area contributed by atoms with E-state index in [-0.39, 0.29) is 11.8 Å². The van der Waals surface area contributed by atoms with Gasteiger partial charge in [0.15, 0.2) is 0 Å². The highest BCUT2D eigenvalue weighted by Crippen LogP contribution is 2.35. The second-order valence-electron chi connectivity index (χ2n) is 6.68. The smallest absolute Gasteiger partial charge is 0.266 e. The Morgan fingerprint density at radius 3 is 2.55 bits per heavy atom. The van der Waals surface area contributed by atoms with Crippen molar-refractivity contribution in [1.29, 1.82) is 0 Å². The number of nitrogens with one attached hydrogen (secondary N) is 2. The van der Waals surface area contributed by atoms with Crippen LogP contribution in [0, 0.1) is 11.8 Å². The van der Waals surface area contributed by atoms with Crippen molar-refractivity contribution in [3.8, 4) is 0 Å². The van der Waals surface area contributed by atoms with Gasteiger partial charge in [-0.3, -0.25) is 9.79 Å². The van der Waals surface area contributed by atoms with Crippen molar-refractivity contribution in [2.75, 3.05) is 13.1 Å². The molecule has 0 bridgehead atoms. The molecular weight excluding hydrogens is 288 g/mol. The van der Waals surface area contributed by atoms with E-state index in [9.17, 15) is 13.6 Å². The molecule has 2 fully saturated rings. The Balaban J connectivity index is 1.58. The average molecular weight is 311 g/mol. The Bertz CT molecular complexity index is 486. The van der Waals surface area contributed by atoms with Crippen LogP contribution in [0.5, 0.6) is 0 Å². The first-order valence-electron chi connectivity index (χ1n) is 8.22. The predicted octanol–water partition coefficient (Wildman–Crippen LogP) is 2.61. The molecule has 0 atom stereocenters. The van der Waals surface area contributed by atoms with Crippen LogP contribution in [-0.4, -0.2) is 30.4 Å². The molecule has 6 heteroatoms. The summed E-state index contributed by atoms with van der Waals surface area (Å²) in [7, 11) is 0. The van der Waals surface area contributed by atoms with Gasteiger partial charge >= 0.3 is 0 Å². The molecule has 1 amide bonds. The zero-order valence-corrected chi connectivity index (χ0v) is 12.7. The maximum Gasteiger partial charge on any atom is 0.266 e. The molecule has 0 aromatic carbocycles. The summed E-state index contributed by atoms with van der Waals surface area (Å²) >= 11 is 0. The Kier molecular flexibility index (Phi) is 4.57. The Morgan fingerprint density at radius 1 is 1.23 bits per heavy atom. The van der Waals surface area contributed by atoms with Crippen LogP contribution in [-0.2, 0) is 4.79 Å². The minimum atomic E-state index is -1.58. The van der Waals surface area contributed by atoms with Gasteiger partial charge in [0.1, 0.15) is 11.4 Å². The largest absolute Gasteiger partial charge is 0.317 e. The van der Waals surface area contributed by atoms with Gasteiger partial charge in [-0.2, -0.15) is 8.78 Å². The van der Waals surface area contributed by atoms with Gasteiger partial charge in [0.05, 0.1) is 0 Å². The number of carbonyl (C=O) groups is 1. The van der Waals surface area contributed by atoms with Crippen LogP contribution >= 0.6 is 0 Å². The number of aliphatic imine (C=N–C) groups is 1. The fourth-order valence-corrected chi connectivity index (χ4v) is 3.84. The number of carbonyl (C=O) groups excluding carboxylic acids is 1. The van der Waals surface area contributed by atoms with E-state index in [0.717, 1.165) is 63.5 Å². The summed E-state index contributed by atoms with van der Waals surface area (Å²) in [6, 6.07) is 0. The molecule has 0 unspecified atom stereocenters. The average Bonchev–Trinajstić information content (AvgIpc) is 2.83. The number of hydrogen-bond donors (Lipinski definition) is 2.